The van der Waals surface area contributed by atoms with Gasteiger partial charge in [-0.1, -0.05) is 24.3 Å². The summed E-state index contributed by atoms with van der Waals surface area (Å²) in [7, 11) is 0. The molecule has 1 aliphatic heterocycles. The summed E-state index contributed by atoms with van der Waals surface area (Å²) in [6, 6.07) is 13.8. The minimum absolute atomic E-state index is 0.102. The molecular formula is C32H33N3O6. The zero-order valence-corrected chi connectivity index (χ0v) is 23.2. The Morgan fingerprint density at radius 2 is 1.41 bits per heavy atom. The van der Waals surface area contributed by atoms with E-state index in [1.165, 1.54) is 12.1 Å². The summed E-state index contributed by atoms with van der Waals surface area (Å²) in [6.45, 7) is 3.82. The normalized spacial score (nSPS) is 16.6. The van der Waals surface area contributed by atoms with E-state index in [9.17, 15) is 19.5 Å². The molecule has 2 aromatic heterocycles. The van der Waals surface area contributed by atoms with Crippen molar-refractivity contribution in [3.63, 3.8) is 0 Å². The van der Waals surface area contributed by atoms with E-state index in [4.69, 9.17) is 9.47 Å². The van der Waals surface area contributed by atoms with Gasteiger partial charge in [0.1, 0.15) is 5.92 Å². The lowest BCUT2D eigenvalue weighted by atomic mass is 9.75. The molecule has 9 heteroatoms. The number of carbonyl (C=O) groups is 3. The highest BCUT2D eigenvalue weighted by Crippen LogP contribution is 2.40. The second-order valence-electron chi connectivity index (χ2n) is 9.87. The smallest absolute Gasteiger partial charge is 0.336 e. The molecule has 1 aromatic carbocycles. The van der Waals surface area contributed by atoms with Crippen LogP contribution in [-0.4, -0.2) is 51.9 Å². The second-order valence-corrected chi connectivity index (χ2v) is 9.87. The summed E-state index contributed by atoms with van der Waals surface area (Å²) in [5.74, 6) is -3.74. The van der Waals surface area contributed by atoms with E-state index in [1.54, 1.807) is 50.8 Å². The van der Waals surface area contributed by atoms with Crippen LogP contribution in [0.2, 0.25) is 0 Å². The van der Waals surface area contributed by atoms with Gasteiger partial charge in [-0.3, -0.25) is 19.8 Å². The first-order valence-electron chi connectivity index (χ1n) is 13.6. The number of aromatic nitrogens is 2. The van der Waals surface area contributed by atoms with Gasteiger partial charge in [-0.25, -0.2) is 9.59 Å². The van der Waals surface area contributed by atoms with Crippen LogP contribution in [0.3, 0.4) is 0 Å². The van der Waals surface area contributed by atoms with Crippen LogP contribution in [0.5, 0.6) is 0 Å². The quantitative estimate of drug-likeness (QED) is 0.245. The van der Waals surface area contributed by atoms with Crippen molar-refractivity contribution in [1.29, 1.82) is 0 Å². The van der Waals surface area contributed by atoms with Crippen molar-refractivity contribution in [2.45, 2.75) is 45.4 Å². The van der Waals surface area contributed by atoms with E-state index in [0.29, 0.717) is 42.7 Å². The molecule has 41 heavy (non-hydrogen) atoms. The van der Waals surface area contributed by atoms with E-state index in [0.717, 1.165) is 11.1 Å². The van der Waals surface area contributed by atoms with Gasteiger partial charge in [0.15, 0.2) is 0 Å². The zero-order chi connectivity index (χ0) is 29.2. The molecule has 9 nitrogen and oxygen atoms in total. The molecule has 1 aliphatic rings. The number of allylic oxidation sites excluding steroid dienone is 1. The molecular weight excluding hydrogens is 522 g/mol. The third kappa shape index (κ3) is 7.72. The van der Waals surface area contributed by atoms with Gasteiger partial charge in [0.2, 0.25) is 0 Å². The van der Waals surface area contributed by atoms with Gasteiger partial charge in [-0.15, -0.1) is 0 Å². The Kier molecular flexibility index (Phi) is 10.1. The maximum Gasteiger partial charge on any atom is 0.336 e. The maximum atomic E-state index is 13.5. The molecule has 0 saturated heterocycles. The number of benzene rings is 1. The number of carbonyl (C=O) groups excluding carboxylic acids is 2. The summed E-state index contributed by atoms with van der Waals surface area (Å²) in [4.78, 5) is 51.1. The lowest BCUT2D eigenvalue weighted by Crippen LogP contribution is -2.36. The van der Waals surface area contributed by atoms with Gasteiger partial charge < -0.3 is 14.6 Å². The molecule has 1 N–H and O–H groups in total. The molecule has 0 saturated carbocycles. The van der Waals surface area contributed by atoms with Crippen molar-refractivity contribution in [3.8, 4) is 0 Å². The summed E-state index contributed by atoms with van der Waals surface area (Å²) in [6.07, 6.45) is 9.58. The molecule has 0 amide bonds. The molecule has 212 valence electrons. The molecule has 0 bridgehead atoms. The first-order chi connectivity index (χ1) is 19.8. The molecule has 0 spiro atoms. The first kappa shape index (κ1) is 29.3. The van der Waals surface area contributed by atoms with Crippen molar-refractivity contribution < 1.29 is 29.0 Å². The van der Waals surface area contributed by atoms with E-state index in [1.807, 2.05) is 24.3 Å². The highest BCUT2D eigenvalue weighted by molar-refractivity contribution is 6.07. The lowest BCUT2D eigenvalue weighted by Gasteiger charge is -2.31. The lowest BCUT2D eigenvalue weighted by molar-refractivity contribution is -0.147. The van der Waals surface area contributed by atoms with Crippen LogP contribution in [0.1, 0.15) is 59.7 Å². The van der Waals surface area contributed by atoms with Gasteiger partial charge >= 0.3 is 17.9 Å². The van der Waals surface area contributed by atoms with E-state index >= 15 is 0 Å². The average Bonchev–Trinajstić information content (AvgIpc) is 2.98. The molecule has 3 aromatic rings. The standard InChI is InChI=1S/C32H33N3O6/c1-21-27(31(38)40-17-5-9-23-7-3-15-33-19-23)29(25-11-13-26(14-12-25)30(36)37)28(22(2)35-21)32(39)41-18-6-10-24-8-4-16-34-20-24/h3-4,7-8,11-16,19-20,27,29H,5-6,9-10,17-18H2,1-2H3,(H,36,37). The van der Waals surface area contributed by atoms with Gasteiger partial charge in [-0.2, -0.15) is 0 Å². The van der Waals surface area contributed by atoms with E-state index in [2.05, 4.69) is 15.0 Å². The van der Waals surface area contributed by atoms with Crippen molar-refractivity contribution in [3.05, 3.63) is 107 Å². The van der Waals surface area contributed by atoms with Crippen LogP contribution >= 0.6 is 0 Å². The van der Waals surface area contributed by atoms with E-state index in [-0.39, 0.29) is 24.4 Å². The molecule has 0 aliphatic carbocycles. The van der Waals surface area contributed by atoms with Crippen LogP contribution in [0, 0.1) is 5.92 Å². The number of rotatable bonds is 12. The Labute approximate surface area is 239 Å². The number of carboxylic acid groups (broad SMARTS) is 1. The Morgan fingerprint density at radius 3 is 1.95 bits per heavy atom. The number of carboxylic acids is 1. The minimum atomic E-state index is -1.07. The second kappa shape index (κ2) is 14.1. The number of hydrogen-bond acceptors (Lipinski definition) is 8. The highest BCUT2D eigenvalue weighted by atomic mass is 16.5. The number of aromatic carboxylic acids is 1. The Bertz CT molecular complexity index is 1420. The molecule has 2 unspecified atom stereocenters. The van der Waals surface area contributed by atoms with Crippen LogP contribution in [0.4, 0.5) is 0 Å². The fraction of sp³-hybridized carbons (Fsp3) is 0.312. The van der Waals surface area contributed by atoms with Crippen LogP contribution < -0.4 is 0 Å². The maximum absolute atomic E-state index is 13.5. The molecule has 2 atom stereocenters. The fourth-order valence-corrected chi connectivity index (χ4v) is 4.95. The van der Waals surface area contributed by atoms with Crippen LogP contribution in [0.25, 0.3) is 0 Å². The molecule has 4 rings (SSSR count). The first-order valence-corrected chi connectivity index (χ1v) is 13.6. The third-order valence-electron chi connectivity index (χ3n) is 6.96. The summed E-state index contributed by atoms with van der Waals surface area (Å²) in [5.41, 5.74) is 4.01. The van der Waals surface area contributed by atoms with Crippen molar-refractivity contribution in [2.24, 2.45) is 10.9 Å². The minimum Gasteiger partial charge on any atom is -0.478 e. The largest absolute Gasteiger partial charge is 0.478 e. The number of nitrogens with zero attached hydrogens (tertiary/aromatic N) is 3. The summed E-state index contributed by atoms with van der Waals surface area (Å²) < 4.78 is 11.3. The number of aryl methyl sites for hydroxylation is 2. The molecule has 0 fully saturated rings. The number of esters is 2. The van der Waals surface area contributed by atoms with E-state index < -0.39 is 29.7 Å². The predicted octanol–water partition coefficient (Wildman–Crippen LogP) is 4.98. The Balaban J connectivity index is 1.51. The predicted molar refractivity (Wildman–Crippen MR) is 152 cm³/mol. The average molecular weight is 556 g/mol. The summed E-state index contributed by atoms with van der Waals surface area (Å²) in [5, 5.41) is 9.37. The topological polar surface area (TPSA) is 128 Å². The Hall–Kier alpha value is -4.66. The van der Waals surface area contributed by atoms with Crippen molar-refractivity contribution >= 4 is 23.6 Å². The van der Waals surface area contributed by atoms with Crippen LogP contribution in [-0.2, 0) is 31.9 Å². The van der Waals surface area contributed by atoms with Gasteiger partial charge in [0.25, 0.3) is 0 Å². The molecule has 3 heterocycles. The van der Waals surface area contributed by atoms with Crippen LogP contribution in [0.15, 0.2) is 89.6 Å². The third-order valence-corrected chi connectivity index (χ3v) is 6.96. The van der Waals surface area contributed by atoms with Crippen molar-refractivity contribution in [2.75, 3.05) is 13.2 Å². The number of ether oxygens (including phenoxy) is 2. The van der Waals surface area contributed by atoms with Gasteiger partial charge in [0, 0.05) is 42.1 Å². The number of pyridine rings is 2. The number of aliphatic imine (C=N–C) groups is 1. The summed E-state index contributed by atoms with van der Waals surface area (Å²) >= 11 is 0. The molecule has 0 radical (unpaired) electrons. The monoisotopic (exact) mass is 555 g/mol. The SMILES string of the molecule is CC1=NC(C)=C(C(=O)OCCCc2cccnc2)C(c2ccc(C(=O)O)cc2)C1C(=O)OCCCc1cccnc1. The van der Waals surface area contributed by atoms with Crippen molar-refractivity contribution in [1.82, 2.24) is 9.97 Å². The zero-order valence-electron chi connectivity index (χ0n) is 23.2. The van der Waals surface area contributed by atoms with Gasteiger partial charge in [0.05, 0.1) is 24.4 Å². The number of hydrogen-bond donors (Lipinski definition) is 1. The highest BCUT2D eigenvalue weighted by Gasteiger charge is 2.42. The Morgan fingerprint density at radius 1 is 0.829 bits per heavy atom. The van der Waals surface area contributed by atoms with Gasteiger partial charge in [-0.05, 0) is 80.5 Å². The fourth-order valence-electron chi connectivity index (χ4n) is 4.95.